The summed E-state index contributed by atoms with van der Waals surface area (Å²) in [6.07, 6.45) is -34.0. The first-order valence-corrected chi connectivity index (χ1v) is 10.6. The van der Waals surface area contributed by atoms with Crippen molar-refractivity contribution in [3.8, 4) is 0 Å². The molecular weight excluding hydrogens is 719 g/mol. The number of rotatable bonds is 17. The Morgan fingerprint density at radius 2 is 0.923 bits per heavy atom. The molecule has 23 heteroatoms. The third-order valence-electron chi connectivity index (χ3n) is 4.34. The summed E-state index contributed by atoms with van der Waals surface area (Å²) in [5, 5.41) is 19.9. The molecule has 1 atom stereocenters. The van der Waals surface area contributed by atoms with Gasteiger partial charge in [0, 0.05) is 16.8 Å². The number of carbonyl (C=O) groups excluding carboxylic acids is 2. The van der Waals surface area contributed by atoms with Gasteiger partial charge in [0.05, 0.1) is 0 Å². The Kier molecular flexibility index (Phi) is 11.3. The molecule has 0 saturated carbocycles. The van der Waals surface area contributed by atoms with Crippen LogP contribution in [0.4, 0.5) is 70.2 Å². The van der Waals surface area contributed by atoms with E-state index < -0.39 is 96.1 Å². The molecule has 0 aliphatic rings. The molecule has 232 valence electrons. The van der Waals surface area contributed by atoms with Crippen LogP contribution in [0.25, 0.3) is 0 Å². The van der Waals surface area contributed by atoms with Gasteiger partial charge >= 0.3 is 48.1 Å². The number of alkyl halides is 17. The van der Waals surface area contributed by atoms with Gasteiger partial charge in [-0.2, -0.15) is 70.2 Å². The van der Waals surface area contributed by atoms with E-state index in [4.69, 9.17) is 0 Å². The Balaban J connectivity index is 5.18. The number of carboxylic acids is 2. The summed E-state index contributed by atoms with van der Waals surface area (Å²) in [4.78, 5) is 19.9. The van der Waals surface area contributed by atoms with Crippen molar-refractivity contribution < 1.29 is 99.5 Å². The average molecular weight is 730 g/mol. The second kappa shape index (κ2) is 11.8. The Morgan fingerprint density at radius 3 is 1.26 bits per heavy atom. The normalized spacial score (nSPS) is 15.8. The molecule has 0 aromatic carbocycles. The molecule has 0 heterocycles. The highest BCUT2D eigenvalue weighted by Crippen LogP contribution is 2.48. The lowest BCUT2D eigenvalue weighted by molar-refractivity contribution is -0.472. The average Bonchev–Trinajstić information content (AvgIpc) is 2.68. The van der Waals surface area contributed by atoms with Crippen LogP contribution in [0.1, 0.15) is 32.1 Å². The lowest BCUT2D eigenvalue weighted by atomic mass is 10.0. The first kappa shape index (κ1) is 37.5. The molecule has 0 saturated heterocycles. The highest BCUT2D eigenvalue weighted by atomic mass is 127. The highest BCUT2D eigenvalue weighted by molar-refractivity contribution is 14.1. The van der Waals surface area contributed by atoms with E-state index in [9.17, 15) is 90.0 Å². The van der Waals surface area contributed by atoms with E-state index in [1.165, 1.54) is 0 Å². The van der Waals surface area contributed by atoms with Gasteiger partial charge in [-0.1, -0.05) is 29.0 Å². The molecule has 0 fully saturated rings. The van der Waals surface area contributed by atoms with E-state index >= 15 is 0 Å². The van der Waals surface area contributed by atoms with Gasteiger partial charge in [0.1, 0.15) is 11.9 Å². The number of carboxylic acid groups (broad SMARTS) is 2. The molecule has 39 heavy (non-hydrogen) atoms. The van der Waals surface area contributed by atoms with Crippen LogP contribution in [0.15, 0.2) is 0 Å². The number of unbranched alkanes of at least 4 members (excludes halogenated alkanes) is 1. The zero-order chi connectivity index (χ0) is 31.7. The summed E-state index contributed by atoms with van der Waals surface area (Å²) in [5.74, 6) is -32.4. The Bertz CT molecular complexity index is 881. The van der Waals surface area contributed by atoms with Gasteiger partial charge in [0.2, 0.25) is 0 Å². The lowest BCUT2D eigenvalue weighted by Crippen LogP contribution is -2.59. The number of aliphatic carboxylic acids is 2. The predicted molar refractivity (Wildman–Crippen MR) is 92.7 cm³/mol. The minimum atomic E-state index is -6.72. The van der Waals surface area contributed by atoms with E-state index in [-0.39, 0.29) is 0 Å². The van der Waals surface area contributed by atoms with E-state index in [2.05, 4.69) is 4.74 Å². The molecule has 0 amide bonds. The molecule has 6 nitrogen and oxygen atoms in total. The summed E-state index contributed by atoms with van der Waals surface area (Å²) in [7, 11) is 0. The standard InChI is InChI=1S/C16H13F16IO6/c17-9(18,13(25,26)38-15(29,30)11(21,22)7(34)35)4-2-1-3-6(33)5-10(19,20)14(27,28)39-16(31,32)12(23,24)8(36)37/h6H,1-5H2,(H,34,35)(H,36,37)/p-2. The number of ether oxygens (including phenoxy) is 2. The maximum absolute atomic E-state index is 13.7. The monoisotopic (exact) mass is 730 g/mol. The molecule has 1 unspecified atom stereocenters. The molecule has 0 bridgehead atoms. The fourth-order valence-corrected chi connectivity index (χ4v) is 3.19. The minimum Gasteiger partial charge on any atom is -0.544 e. The molecule has 0 spiro atoms. The summed E-state index contributed by atoms with van der Waals surface area (Å²) in [6.45, 7) is 0. The van der Waals surface area contributed by atoms with E-state index in [1.54, 1.807) is 0 Å². The summed E-state index contributed by atoms with van der Waals surface area (Å²) in [6, 6.07) is 0. The Labute approximate surface area is 218 Å². The number of hydrogen-bond donors (Lipinski definition) is 0. The second-order valence-electron chi connectivity index (χ2n) is 7.45. The molecule has 0 aliphatic carbocycles. The largest absolute Gasteiger partial charge is 0.544 e. The van der Waals surface area contributed by atoms with Gasteiger partial charge < -0.3 is 19.8 Å². The first-order valence-electron chi connectivity index (χ1n) is 9.40. The summed E-state index contributed by atoms with van der Waals surface area (Å²) < 4.78 is 213. The molecule has 0 N–H and O–H groups in total. The molecule has 0 radical (unpaired) electrons. The van der Waals surface area contributed by atoms with Gasteiger partial charge in [0.25, 0.3) is 0 Å². The van der Waals surface area contributed by atoms with Crippen LogP contribution in [0.3, 0.4) is 0 Å². The van der Waals surface area contributed by atoms with E-state index in [0.29, 0.717) is 0 Å². The van der Waals surface area contributed by atoms with Crippen molar-refractivity contribution in [2.45, 2.75) is 84.2 Å². The SMILES string of the molecule is O=C([O-])C(F)(F)C(F)(F)OC(F)(F)C(F)(F)CCCCC(I)CC(F)(F)C(F)(F)OC(F)(F)C(F)(F)C(=O)[O-]. The number of hydrogen-bond acceptors (Lipinski definition) is 6. The molecule has 0 aromatic heterocycles. The Hall–Kier alpha value is -1.53. The fourth-order valence-electron chi connectivity index (χ4n) is 2.19. The van der Waals surface area contributed by atoms with Crippen LogP contribution >= 0.6 is 22.6 Å². The van der Waals surface area contributed by atoms with Gasteiger partial charge in [-0.3, -0.25) is 0 Å². The van der Waals surface area contributed by atoms with Crippen molar-refractivity contribution in [1.29, 1.82) is 0 Å². The highest BCUT2D eigenvalue weighted by Gasteiger charge is 2.70. The third-order valence-corrected chi connectivity index (χ3v) is 5.41. The Morgan fingerprint density at radius 1 is 0.590 bits per heavy atom. The van der Waals surface area contributed by atoms with Gasteiger partial charge in [-0.25, -0.2) is 9.47 Å². The maximum atomic E-state index is 13.7. The van der Waals surface area contributed by atoms with Crippen molar-refractivity contribution in [3.63, 3.8) is 0 Å². The maximum Gasteiger partial charge on any atom is 0.429 e. The van der Waals surface area contributed by atoms with Gasteiger partial charge in [-0.15, -0.1) is 0 Å². The predicted octanol–water partition coefficient (Wildman–Crippen LogP) is 4.19. The van der Waals surface area contributed by atoms with Crippen LogP contribution in [0, 0.1) is 0 Å². The second-order valence-corrected chi connectivity index (χ2v) is 9.21. The van der Waals surface area contributed by atoms with Crippen molar-refractivity contribution in [3.05, 3.63) is 0 Å². The molecule has 0 rings (SSSR count). The lowest BCUT2D eigenvalue weighted by Gasteiger charge is -2.33. The van der Waals surface area contributed by atoms with Gasteiger partial charge in [-0.05, 0) is 12.8 Å². The van der Waals surface area contributed by atoms with Crippen molar-refractivity contribution in [1.82, 2.24) is 0 Å². The van der Waals surface area contributed by atoms with Crippen molar-refractivity contribution in [2.24, 2.45) is 0 Å². The molecular formula is C16H11F16IO6-2. The smallest absolute Gasteiger partial charge is 0.429 e. The number of carbonyl (C=O) groups is 2. The van der Waals surface area contributed by atoms with Crippen molar-refractivity contribution >= 4 is 34.5 Å². The van der Waals surface area contributed by atoms with E-state index in [0.717, 1.165) is 22.6 Å². The van der Waals surface area contributed by atoms with Crippen LogP contribution in [0.2, 0.25) is 0 Å². The summed E-state index contributed by atoms with van der Waals surface area (Å²) >= 11 is 0.867. The van der Waals surface area contributed by atoms with E-state index in [1.807, 2.05) is 4.74 Å². The van der Waals surface area contributed by atoms with Crippen LogP contribution in [-0.4, -0.2) is 64.0 Å². The fraction of sp³-hybridized carbons (Fsp3) is 0.875. The van der Waals surface area contributed by atoms with Gasteiger partial charge in [0.15, 0.2) is 0 Å². The molecule has 0 aliphatic heterocycles. The minimum absolute atomic E-state index is 0.867. The first-order chi connectivity index (χ1) is 16.9. The van der Waals surface area contributed by atoms with Crippen LogP contribution in [-0.2, 0) is 19.1 Å². The topological polar surface area (TPSA) is 98.7 Å². The zero-order valence-electron chi connectivity index (χ0n) is 18.0. The zero-order valence-corrected chi connectivity index (χ0v) is 20.1. The molecule has 0 aromatic rings. The van der Waals surface area contributed by atoms with Crippen LogP contribution < -0.4 is 10.2 Å². The number of halogens is 17. The quantitative estimate of drug-likeness (QED) is 0.0965. The third kappa shape index (κ3) is 8.48. The summed E-state index contributed by atoms with van der Waals surface area (Å²) in [5.41, 5.74) is 0. The van der Waals surface area contributed by atoms with Crippen LogP contribution in [0.5, 0.6) is 0 Å². The van der Waals surface area contributed by atoms with Crippen molar-refractivity contribution in [2.75, 3.05) is 0 Å².